The first-order valence-corrected chi connectivity index (χ1v) is 5.72. The van der Waals surface area contributed by atoms with Crippen molar-refractivity contribution in [2.24, 2.45) is 5.41 Å². The molecule has 0 aliphatic carbocycles. The summed E-state index contributed by atoms with van der Waals surface area (Å²) in [5.74, 6) is -0.125. The topological polar surface area (TPSA) is 43.4 Å². The minimum Gasteiger partial charge on any atom is -0.466 e. The van der Waals surface area contributed by atoms with Gasteiger partial charge < -0.3 is 4.74 Å². The van der Waals surface area contributed by atoms with Gasteiger partial charge in [-0.2, -0.15) is 0 Å². The van der Waals surface area contributed by atoms with Crippen LogP contribution in [0.15, 0.2) is 0 Å². The Kier molecular flexibility index (Phi) is 6.57. The Morgan fingerprint density at radius 2 is 1.93 bits per heavy atom. The third kappa shape index (κ3) is 5.78. The Bertz CT molecular complexity index is 224. The van der Waals surface area contributed by atoms with Gasteiger partial charge in [-0.15, -0.1) is 11.6 Å². The second kappa shape index (κ2) is 6.83. The number of rotatable bonds is 7. The van der Waals surface area contributed by atoms with Crippen molar-refractivity contribution >= 4 is 23.4 Å². The fraction of sp³-hybridized carbons (Fsp3) is 0.818. The highest BCUT2D eigenvalue weighted by molar-refractivity contribution is 6.27. The Morgan fingerprint density at radius 1 is 1.33 bits per heavy atom. The van der Waals surface area contributed by atoms with E-state index >= 15 is 0 Å². The van der Waals surface area contributed by atoms with Gasteiger partial charge in [-0.05, 0) is 33.6 Å². The quantitative estimate of drug-likeness (QED) is 0.502. The zero-order valence-corrected chi connectivity index (χ0v) is 10.4. The van der Waals surface area contributed by atoms with Crippen molar-refractivity contribution in [2.75, 3.05) is 12.5 Å². The van der Waals surface area contributed by atoms with Crippen LogP contribution in [-0.2, 0) is 14.3 Å². The standard InChI is InChI=1S/C11H19ClO3/c1-4-15-10(14)11(2,3)7-5-6-9(13)8-12/h4-8H2,1-3H3. The molecule has 0 aromatic carbocycles. The number of ether oxygens (including phenoxy) is 1. The predicted octanol–water partition coefficient (Wildman–Crippen LogP) is 2.55. The molecule has 0 aliphatic heterocycles. The first-order chi connectivity index (χ1) is 6.94. The summed E-state index contributed by atoms with van der Waals surface area (Å²) >= 11 is 5.37. The molecule has 0 aromatic rings. The lowest BCUT2D eigenvalue weighted by Crippen LogP contribution is -2.26. The Hall–Kier alpha value is -0.570. The van der Waals surface area contributed by atoms with Gasteiger partial charge in [0.15, 0.2) is 0 Å². The average molecular weight is 235 g/mol. The molecule has 0 N–H and O–H groups in total. The van der Waals surface area contributed by atoms with Crippen LogP contribution in [0.1, 0.15) is 40.0 Å². The maximum Gasteiger partial charge on any atom is 0.311 e. The molecule has 4 heteroatoms. The van der Waals surface area contributed by atoms with Crippen LogP contribution in [0.2, 0.25) is 0 Å². The lowest BCUT2D eigenvalue weighted by Gasteiger charge is -2.21. The smallest absolute Gasteiger partial charge is 0.311 e. The molecule has 0 saturated heterocycles. The van der Waals surface area contributed by atoms with Crippen LogP contribution in [0.5, 0.6) is 0 Å². The summed E-state index contributed by atoms with van der Waals surface area (Å²) < 4.78 is 4.94. The molecule has 0 amide bonds. The third-order valence-corrected chi connectivity index (χ3v) is 2.53. The number of hydrogen-bond donors (Lipinski definition) is 0. The van der Waals surface area contributed by atoms with E-state index in [4.69, 9.17) is 16.3 Å². The molecule has 0 fully saturated rings. The molecule has 0 radical (unpaired) electrons. The number of carbonyl (C=O) groups is 2. The fourth-order valence-electron chi connectivity index (χ4n) is 1.22. The number of alkyl halides is 1. The number of carbonyl (C=O) groups excluding carboxylic acids is 2. The summed E-state index contributed by atoms with van der Waals surface area (Å²) in [5, 5.41) is 0. The second-order valence-corrected chi connectivity index (χ2v) is 4.40. The van der Waals surface area contributed by atoms with E-state index in [1.165, 1.54) is 0 Å². The van der Waals surface area contributed by atoms with Gasteiger partial charge in [-0.3, -0.25) is 9.59 Å². The van der Waals surface area contributed by atoms with E-state index in [9.17, 15) is 9.59 Å². The summed E-state index contributed by atoms with van der Waals surface area (Å²) in [6.07, 6.45) is 1.76. The summed E-state index contributed by atoms with van der Waals surface area (Å²) in [7, 11) is 0. The summed E-state index contributed by atoms with van der Waals surface area (Å²) in [6.45, 7) is 5.83. The molecule has 0 rings (SSSR count). The number of esters is 1. The van der Waals surface area contributed by atoms with Crippen LogP contribution in [0.3, 0.4) is 0 Å². The first-order valence-electron chi connectivity index (χ1n) is 5.19. The second-order valence-electron chi connectivity index (χ2n) is 4.13. The van der Waals surface area contributed by atoms with Crippen molar-refractivity contribution in [1.82, 2.24) is 0 Å². The zero-order valence-electron chi connectivity index (χ0n) is 9.64. The van der Waals surface area contributed by atoms with Crippen LogP contribution in [0.4, 0.5) is 0 Å². The minimum absolute atomic E-state index is 0.0244. The zero-order chi connectivity index (χ0) is 11.9. The molecule has 0 aromatic heterocycles. The SMILES string of the molecule is CCOC(=O)C(C)(C)CCCC(=O)CCl. The van der Waals surface area contributed by atoms with Gasteiger partial charge >= 0.3 is 5.97 Å². The van der Waals surface area contributed by atoms with Crippen molar-refractivity contribution in [3.8, 4) is 0 Å². The van der Waals surface area contributed by atoms with Crippen molar-refractivity contribution < 1.29 is 14.3 Å². The van der Waals surface area contributed by atoms with Crippen molar-refractivity contribution in [2.45, 2.75) is 40.0 Å². The predicted molar refractivity (Wildman–Crippen MR) is 60.0 cm³/mol. The molecule has 88 valence electrons. The van der Waals surface area contributed by atoms with E-state index < -0.39 is 5.41 Å². The highest BCUT2D eigenvalue weighted by Gasteiger charge is 2.28. The molecular formula is C11H19ClO3. The van der Waals surface area contributed by atoms with Gasteiger partial charge in [-0.25, -0.2) is 0 Å². The minimum atomic E-state index is -0.511. The molecule has 0 bridgehead atoms. The van der Waals surface area contributed by atoms with Gasteiger partial charge in [-0.1, -0.05) is 0 Å². The molecule has 0 aliphatic rings. The number of Topliss-reactive ketones (excluding diaryl/α,β-unsaturated/α-hetero) is 1. The Labute approximate surface area is 96.1 Å². The first kappa shape index (κ1) is 14.4. The van der Waals surface area contributed by atoms with E-state index in [2.05, 4.69) is 0 Å². The van der Waals surface area contributed by atoms with Crippen LogP contribution in [-0.4, -0.2) is 24.2 Å². The highest BCUT2D eigenvalue weighted by Crippen LogP contribution is 2.25. The molecule has 15 heavy (non-hydrogen) atoms. The van der Waals surface area contributed by atoms with Crippen LogP contribution in [0, 0.1) is 5.41 Å². The van der Waals surface area contributed by atoms with E-state index in [-0.39, 0.29) is 17.6 Å². The highest BCUT2D eigenvalue weighted by atomic mass is 35.5. The average Bonchev–Trinajstić information content (AvgIpc) is 2.17. The van der Waals surface area contributed by atoms with Crippen LogP contribution < -0.4 is 0 Å². The summed E-state index contributed by atoms with van der Waals surface area (Å²) in [5.41, 5.74) is -0.511. The fourth-order valence-corrected chi connectivity index (χ4v) is 1.36. The molecule has 0 atom stereocenters. The monoisotopic (exact) mass is 234 g/mol. The van der Waals surface area contributed by atoms with E-state index in [0.29, 0.717) is 25.9 Å². The maximum atomic E-state index is 11.5. The molecule has 0 heterocycles. The largest absolute Gasteiger partial charge is 0.466 e. The molecule has 0 unspecified atom stereocenters. The molecule has 0 spiro atoms. The lowest BCUT2D eigenvalue weighted by molar-refractivity contribution is -0.154. The number of ketones is 1. The van der Waals surface area contributed by atoms with Crippen molar-refractivity contribution in [1.29, 1.82) is 0 Å². The molecular weight excluding hydrogens is 216 g/mol. The normalized spacial score (nSPS) is 11.2. The Balaban J connectivity index is 3.93. The molecule has 0 saturated carbocycles. The van der Waals surface area contributed by atoms with Crippen molar-refractivity contribution in [3.05, 3.63) is 0 Å². The van der Waals surface area contributed by atoms with Crippen LogP contribution in [0.25, 0.3) is 0 Å². The van der Waals surface area contributed by atoms with Gasteiger partial charge in [0.25, 0.3) is 0 Å². The summed E-state index contributed by atoms with van der Waals surface area (Å²) in [6, 6.07) is 0. The van der Waals surface area contributed by atoms with Gasteiger partial charge in [0, 0.05) is 6.42 Å². The van der Waals surface area contributed by atoms with E-state index in [1.807, 2.05) is 13.8 Å². The van der Waals surface area contributed by atoms with Crippen LogP contribution >= 0.6 is 11.6 Å². The van der Waals surface area contributed by atoms with Gasteiger partial charge in [0.2, 0.25) is 0 Å². The number of halogens is 1. The number of hydrogen-bond acceptors (Lipinski definition) is 3. The van der Waals surface area contributed by atoms with E-state index in [1.54, 1.807) is 6.92 Å². The Morgan fingerprint density at radius 3 is 2.40 bits per heavy atom. The van der Waals surface area contributed by atoms with Crippen molar-refractivity contribution in [3.63, 3.8) is 0 Å². The molecule has 3 nitrogen and oxygen atoms in total. The van der Waals surface area contributed by atoms with Gasteiger partial charge in [0.05, 0.1) is 17.9 Å². The maximum absolute atomic E-state index is 11.5. The summed E-state index contributed by atoms with van der Waals surface area (Å²) in [4.78, 5) is 22.4. The van der Waals surface area contributed by atoms with E-state index in [0.717, 1.165) is 0 Å². The van der Waals surface area contributed by atoms with Gasteiger partial charge in [0.1, 0.15) is 5.78 Å². The third-order valence-electron chi connectivity index (χ3n) is 2.23. The lowest BCUT2D eigenvalue weighted by atomic mass is 9.87.